The highest BCUT2D eigenvalue weighted by atomic mass is 16.4. The number of hydrogen-bond acceptors (Lipinski definition) is 6. The molecular formula is C23H27N5O3. The first kappa shape index (κ1) is 19.8. The molecule has 0 unspecified atom stereocenters. The SMILES string of the molecule is C[C@@]12CN(C(=O)C3CC3)C[C@]1(C)CN(c1ccnc(Nc3ccc(C(=O)O)cc3)n1)C2. The maximum Gasteiger partial charge on any atom is 0.335 e. The minimum Gasteiger partial charge on any atom is -0.478 e. The fourth-order valence-corrected chi connectivity index (χ4v) is 4.98. The number of nitrogens with zero attached hydrogens (tertiary/aromatic N) is 4. The normalized spacial score (nSPS) is 27.3. The molecule has 1 amide bonds. The summed E-state index contributed by atoms with van der Waals surface area (Å²) in [5.74, 6) is 0.979. The van der Waals surface area contributed by atoms with Gasteiger partial charge in [0.2, 0.25) is 11.9 Å². The van der Waals surface area contributed by atoms with Crippen LogP contribution in [-0.2, 0) is 4.79 Å². The Hall–Kier alpha value is -3.16. The van der Waals surface area contributed by atoms with Crippen LogP contribution in [0, 0.1) is 16.7 Å². The van der Waals surface area contributed by atoms with E-state index in [1.165, 1.54) is 0 Å². The average Bonchev–Trinajstić information content (AvgIpc) is 3.49. The maximum absolute atomic E-state index is 12.6. The molecule has 2 aliphatic heterocycles. The van der Waals surface area contributed by atoms with Gasteiger partial charge in [0.25, 0.3) is 0 Å². The Bertz CT molecular complexity index is 1020. The van der Waals surface area contributed by atoms with Crippen molar-refractivity contribution in [1.29, 1.82) is 0 Å². The van der Waals surface area contributed by atoms with Gasteiger partial charge in [-0.1, -0.05) is 13.8 Å². The first-order valence-electron chi connectivity index (χ1n) is 10.7. The summed E-state index contributed by atoms with van der Waals surface area (Å²) in [7, 11) is 0. The third kappa shape index (κ3) is 3.49. The summed E-state index contributed by atoms with van der Waals surface area (Å²) >= 11 is 0. The van der Waals surface area contributed by atoms with Gasteiger partial charge in [0.1, 0.15) is 5.82 Å². The van der Waals surface area contributed by atoms with Crippen molar-refractivity contribution >= 4 is 29.3 Å². The fourth-order valence-electron chi connectivity index (χ4n) is 4.98. The van der Waals surface area contributed by atoms with Gasteiger partial charge in [-0.05, 0) is 43.2 Å². The Morgan fingerprint density at radius 1 is 1.03 bits per heavy atom. The molecule has 3 heterocycles. The molecule has 2 saturated heterocycles. The summed E-state index contributed by atoms with van der Waals surface area (Å²) in [5.41, 5.74) is 1.03. The smallest absolute Gasteiger partial charge is 0.335 e. The number of benzene rings is 1. The van der Waals surface area contributed by atoms with Gasteiger partial charge in [-0.3, -0.25) is 4.79 Å². The van der Waals surface area contributed by atoms with Crippen molar-refractivity contribution in [3.8, 4) is 0 Å². The Kier molecular flexibility index (Phi) is 4.42. The van der Waals surface area contributed by atoms with E-state index in [2.05, 4.69) is 33.9 Å². The van der Waals surface area contributed by atoms with Crippen LogP contribution in [0.2, 0.25) is 0 Å². The zero-order chi connectivity index (χ0) is 21.8. The van der Waals surface area contributed by atoms with E-state index in [1.54, 1.807) is 30.5 Å². The van der Waals surface area contributed by atoms with Gasteiger partial charge < -0.3 is 20.2 Å². The molecule has 3 fully saturated rings. The van der Waals surface area contributed by atoms with E-state index in [4.69, 9.17) is 10.1 Å². The van der Waals surface area contributed by atoms with Gasteiger partial charge in [0.05, 0.1) is 5.56 Å². The van der Waals surface area contributed by atoms with Gasteiger partial charge in [-0.2, -0.15) is 4.98 Å². The highest BCUT2D eigenvalue weighted by Gasteiger charge is 2.59. The van der Waals surface area contributed by atoms with Crippen molar-refractivity contribution in [2.24, 2.45) is 16.7 Å². The Labute approximate surface area is 181 Å². The minimum atomic E-state index is -0.955. The number of anilines is 3. The number of carboxylic acid groups (broad SMARTS) is 1. The molecule has 2 N–H and O–H groups in total. The number of aromatic carboxylic acids is 1. The molecule has 8 nitrogen and oxygen atoms in total. The number of fused-ring (bicyclic) bond motifs is 1. The molecule has 2 aromatic rings. The largest absolute Gasteiger partial charge is 0.478 e. The van der Waals surface area contributed by atoms with Gasteiger partial charge in [-0.15, -0.1) is 0 Å². The Morgan fingerprint density at radius 3 is 2.26 bits per heavy atom. The maximum atomic E-state index is 12.6. The lowest BCUT2D eigenvalue weighted by atomic mass is 9.71. The molecule has 31 heavy (non-hydrogen) atoms. The predicted molar refractivity (Wildman–Crippen MR) is 116 cm³/mol. The van der Waals surface area contributed by atoms with Crippen LogP contribution in [0.25, 0.3) is 0 Å². The first-order chi connectivity index (χ1) is 14.8. The van der Waals surface area contributed by atoms with Crippen LogP contribution in [0.5, 0.6) is 0 Å². The van der Waals surface area contributed by atoms with Gasteiger partial charge >= 0.3 is 5.97 Å². The summed E-state index contributed by atoms with van der Waals surface area (Å²) in [6.45, 7) is 7.89. The second kappa shape index (κ2) is 6.93. The number of amides is 1. The first-order valence-corrected chi connectivity index (χ1v) is 10.7. The molecule has 5 rings (SSSR count). The lowest BCUT2D eigenvalue weighted by molar-refractivity contribution is -0.132. The van der Waals surface area contributed by atoms with Crippen molar-refractivity contribution < 1.29 is 14.7 Å². The number of carbonyl (C=O) groups is 2. The lowest BCUT2D eigenvalue weighted by Gasteiger charge is -2.29. The number of rotatable bonds is 5. The molecule has 0 bridgehead atoms. The Balaban J connectivity index is 1.30. The predicted octanol–water partition coefficient (Wildman–Crippen LogP) is 3.00. The molecule has 3 aliphatic rings. The van der Waals surface area contributed by atoms with Crippen LogP contribution in [0.15, 0.2) is 36.5 Å². The minimum absolute atomic E-state index is 0.0305. The van der Waals surface area contributed by atoms with Gasteiger partial charge in [-0.25, -0.2) is 9.78 Å². The molecule has 162 valence electrons. The van der Waals surface area contributed by atoms with E-state index in [1.807, 2.05) is 6.07 Å². The zero-order valence-electron chi connectivity index (χ0n) is 17.8. The number of likely N-dealkylation sites (tertiary alicyclic amines) is 1. The fraction of sp³-hybridized carbons (Fsp3) is 0.478. The van der Waals surface area contributed by atoms with Crippen LogP contribution in [0.3, 0.4) is 0 Å². The van der Waals surface area contributed by atoms with Crippen LogP contribution < -0.4 is 10.2 Å². The standard InChI is InChI=1S/C23H27N5O3/c1-22-11-27(12-23(22,2)14-28(13-22)19(29)15-3-4-15)18-9-10-24-21(26-18)25-17-7-5-16(6-8-17)20(30)31/h5-10,15H,3-4,11-14H2,1-2H3,(H,30,31)(H,24,25,26)/t22-,23+. The van der Waals surface area contributed by atoms with Crippen molar-refractivity contribution in [2.45, 2.75) is 26.7 Å². The zero-order valence-corrected chi connectivity index (χ0v) is 17.8. The van der Waals surface area contributed by atoms with E-state index in [-0.39, 0.29) is 22.3 Å². The average molecular weight is 422 g/mol. The molecule has 1 aromatic carbocycles. The third-order valence-electron chi connectivity index (χ3n) is 7.21. The van der Waals surface area contributed by atoms with E-state index in [0.717, 1.165) is 50.5 Å². The number of nitrogens with one attached hydrogen (secondary N) is 1. The summed E-state index contributed by atoms with van der Waals surface area (Å²) in [4.78, 5) is 37.0. The lowest BCUT2D eigenvalue weighted by Crippen LogP contribution is -2.36. The summed E-state index contributed by atoms with van der Waals surface area (Å²) < 4.78 is 0. The molecule has 0 radical (unpaired) electrons. The van der Waals surface area contributed by atoms with Gasteiger partial charge in [0, 0.05) is 54.8 Å². The topological polar surface area (TPSA) is 98.7 Å². The van der Waals surface area contributed by atoms with Crippen LogP contribution >= 0.6 is 0 Å². The summed E-state index contributed by atoms with van der Waals surface area (Å²) in [6, 6.07) is 8.42. The van der Waals surface area contributed by atoms with E-state index in [9.17, 15) is 9.59 Å². The third-order valence-corrected chi connectivity index (χ3v) is 7.21. The highest BCUT2D eigenvalue weighted by Crippen LogP contribution is 2.53. The molecule has 8 heteroatoms. The number of hydrogen-bond donors (Lipinski definition) is 2. The number of carbonyl (C=O) groups excluding carboxylic acids is 1. The van der Waals surface area contributed by atoms with Crippen LogP contribution in [0.1, 0.15) is 37.0 Å². The highest BCUT2D eigenvalue weighted by molar-refractivity contribution is 5.88. The molecule has 0 spiro atoms. The monoisotopic (exact) mass is 421 g/mol. The molecule has 1 aliphatic carbocycles. The van der Waals surface area contributed by atoms with E-state index >= 15 is 0 Å². The molecule has 1 aromatic heterocycles. The van der Waals surface area contributed by atoms with Crippen molar-refractivity contribution in [2.75, 3.05) is 36.4 Å². The molecule has 1 saturated carbocycles. The quantitative estimate of drug-likeness (QED) is 0.766. The summed E-state index contributed by atoms with van der Waals surface area (Å²) in [5, 5.41) is 12.2. The molecule has 2 atom stereocenters. The van der Waals surface area contributed by atoms with Crippen LogP contribution in [-0.4, -0.2) is 58.0 Å². The van der Waals surface area contributed by atoms with Crippen molar-refractivity contribution in [3.05, 3.63) is 42.1 Å². The Morgan fingerprint density at radius 2 is 1.68 bits per heavy atom. The van der Waals surface area contributed by atoms with Crippen LogP contribution in [0.4, 0.5) is 17.5 Å². The van der Waals surface area contributed by atoms with Crippen molar-refractivity contribution in [3.63, 3.8) is 0 Å². The summed E-state index contributed by atoms with van der Waals surface area (Å²) in [6.07, 6.45) is 3.83. The number of aromatic nitrogens is 2. The second-order valence-electron chi connectivity index (χ2n) is 9.69. The van der Waals surface area contributed by atoms with E-state index < -0.39 is 5.97 Å². The van der Waals surface area contributed by atoms with Gasteiger partial charge in [0.15, 0.2) is 0 Å². The van der Waals surface area contributed by atoms with Crippen molar-refractivity contribution in [1.82, 2.24) is 14.9 Å². The number of carboxylic acids is 1. The second-order valence-corrected chi connectivity index (χ2v) is 9.69. The van der Waals surface area contributed by atoms with E-state index in [0.29, 0.717) is 11.9 Å². The molecular weight excluding hydrogens is 394 g/mol.